The summed E-state index contributed by atoms with van der Waals surface area (Å²) in [4.78, 5) is 23.7. The molecule has 1 aliphatic heterocycles. The molecule has 0 bridgehead atoms. The van der Waals surface area contributed by atoms with Crippen molar-refractivity contribution in [1.82, 2.24) is 9.97 Å². The molecule has 2 aromatic carbocycles. The van der Waals surface area contributed by atoms with Crippen LogP contribution in [0.2, 0.25) is 5.02 Å². The fourth-order valence-corrected chi connectivity index (χ4v) is 3.16. The van der Waals surface area contributed by atoms with Crippen molar-refractivity contribution in [1.29, 1.82) is 0 Å². The van der Waals surface area contributed by atoms with Crippen LogP contribution in [-0.2, 0) is 6.42 Å². The molecular formula is C21H19ClN4O2. The normalized spacial score (nSPS) is 12.9. The highest BCUT2D eigenvalue weighted by atomic mass is 35.5. The lowest BCUT2D eigenvalue weighted by atomic mass is 10.1. The summed E-state index contributed by atoms with van der Waals surface area (Å²) in [7, 11) is 0. The van der Waals surface area contributed by atoms with E-state index in [1.54, 1.807) is 30.3 Å². The fraction of sp³-hybridized carbons (Fsp3) is 0.190. The topological polar surface area (TPSA) is 67.4 Å². The number of aryl methyl sites for hydroxylation is 1. The first-order chi connectivity index (χ1) is 13.7. The lowest BCUT2D eigenvalue weighted by molar-refractivity contribution is 0.102. The number of nitrogens with one attached hydrogen (secondary N) is 1. The number of rotatable bonds is 4. The molecule has 0 aliphatic carbocycles. The van der Waals surface area contributed by atoms with Crippen LogP contribution in [0.4, 0.5) is 17.3 Å². The molecule has 1 amide bonds. The van der Waals surface area contributed by atoms with Gasteiger partial charge in [0, 0.05) is 23.1 Å². The van der Waals surface area contributed by atoms with Crippen molar-refractivity contribution in [2.45, 2.75) is 13.3 Å². The molecule has 3 aromatic rings. The first-order valence-electron chi connectivity index (χ1n) is 9.07. The highest BCUT2D eigenvalue weighted by Crippen LogP contribution is 2.38. The molecule has 4 rings (SSSR count). The Kier molecular flexibility index (Phi) is 5.12. The molecule has 0 saturated carbocycles. The fourth-order valence-electron chi connectivity index (χ4n) is 3.04. The Morgan fingerprint density at radius 1 is 1.18 bits per heavy atom. The monoisotopic (exact) mass is 394 g/mol. The maximum absolute atomic E-state index is 12.8. The number of ether oxygens (including phenoxy) is 1. The van der Waals surface area contributed by atoms with E-state index in [0.29, 0.717) is 41.1 Å². The van der Waals surface area contributed by atoms with E-state index in [4.69, 9.17) is 16.3 Å². The van der Waals surface area contributed by atoms with Gasteiger partial charge < -0.3 is 15.0 Å². The number of nitrogens with zero attached hydrogens (tertiary/aromatic N) is 3. The lowest BCUT2D eigenvalue weighted by Crippen LogP contribution is -2.31. The van der Waals surface area contributed by atoms with Gasteiger partial charge in [-0.05, 0) is 48.4 Å². The molecule has 142 valence electrons. The number of hydrogen-bond acceptors (Lipinski definition) is 5. The second-order valence-corrected chi connectivity index (χ2v) is 6.80. The summed E-state index contributed by atoms with van der Waals surface area (Å²) < 4.78 is 5.85. The minimum absolute atomic E-state index is 0.247. The van der Waals surface area contributed by atoms with Gasteiger partial charge in [0.05, 0.1) is 17.8 Å². The van der Waals surface area contributed by atoms with Crippen LogP contribution in [0.1, 0.15) is 22.8 Å². The summed E-state index contributed by atoms with van der Waals surface area (Å²) in [6.45, 7) is 3.12. The van der Waals surface area contributed by atoms with Crippen molar-refractivity contribution in [3.8, 4) is 5.75 Å². The quantitative estimate of drug-likeness (QED) is 0.706. The summed E-state index contributed by atoms with van der Waals surface area (Å²) in [5.74, 6) is 0.878. The molecule has 0 radical (unpaired) electrons. The number of amides is 1. The van der Waals surface area contributed by atoms with Gasteiger partial charge in [0.25, 0.3) is 5.91 Å². The molecule has 28 heavy (non-hydrogen) atoms. The molecule has 0 unspecified atom stereocenters. The van der Waals surface area contributed by atoms with Crippen LogP contribution in [0.15, 0.2) is 54.9 Å². The van der Waals surface area contributed by atoms with Gasteiger partial charge >= 0.3 is 0 Å². The highest BCUT2D eigenvalue weighted by Gasteiger charge is 2.26. The van der Waals surface area contributed by atoms with Crippen LogP contribution in [0, 0.1) is 0 Å². The van der Waals surface area contributed by atoms with Gasteiger partial charge in [-0.25, -0.2) is 9.97 Å². The second-order valence-electron chi connectivity index (χ2n) is 6.36. The van der Waals surface area contributed by atoms with Crippen LogP contribution in [0.3, 0.4) is 0 Å². The molecule has 6 nitrogen and oxygen atoms in total. The van der Waals surface area contributed by atoms with Crippen molar-refractivity contribution in [2.75, 3.05) is 23.4 Å². The number of carbonyl (C=O) groups excluding carboxylic acids is 1. The SMILES string of the molecule is CCc1cnc(N2CCOc3c(C(=O)Nc4ccc(Cl)cc4)cccc32)nc1. The van der Waals surface area contributed by atoms with E-state index < -0.39 is 0 Å². The maximum Gasteiger partial charge on any atom is 0.259 e. The average Bonchev–Trinajstić information content (AvgIpc) is 2.74. The van der Waals surface area contributed by atoms with Crippen LogP contribution >= 0.6 is 11.6 Å². The molecular weight excluding hydrogens is 376 g/mol. The van der Waals surface area contributed by atoms with Crippen LogP contribution in [0.25, 0.3) is 0 Å². The summed E-state index contributed by atoms with van der Waals surface area (Å²) >= 11 is 5.90. The van der Waals surface area contributed by atoms with Crippen LogP contribution in [-0.4, -0.2) is 29.0 Å². The largest absolute Gasteiger partial charge is 0.489 e. The molecule has 0 fully saturated rings. The van der Waals surface area contributed by atoms with Gasteiger partial charge in [-0.2, -0.15) is 0 Å². The number of anilines is 3. The molecule has 2 heterocycles. The first kappa shape index (κ1) is 18.3. The number of carbonyl (C=O) groups is 1. The molecule has 7 heteroatoms. The third kappa shape index (κ3) is 3.64. The van der Waals surface area contributed by atoms with Gasteiger partial charge in [0.15, 0.2) is 5.75 Å². The van der Waals surface area contributed by atoms with Gasteiger partial charge in [0.1, 0.15) is 6.61 Å². The highest BCUT2D eigenvalue weighted by molar-refractivity contribution is 6.30. The van der Waals surface area contributed by atoms with Crippen LogP contribution < -0.4 is 15.0 Å². The van der Waals surface area contributed by atoms with Crippen molar-refractivity contribution < 1.29 is 9.53 Å². The lowest BCUT2D eigenvalue weighted by Gasteiger charge is -2.30. The number of para-hydroxylation sites is 1. The predicted octanol–water partition coefficient (Wildman–Crippen LogP) is 4.48. The van der Waals surface area contributed by atoms with E-state index >= 15 is 0 Å². The number of benzene rings is 2. The number of hydrogen-bond donors (Lipinski definition) is 1. The van der Waals surface area contributed by atoms with Gasteiger partial charge in [0.2, 0.25) is 5.95 Å². The smallest absolute Gasteiger partial charge is 0.259 e. The van der Waals surface area contributed by atoms with Crippen molar-refractivity contribution in [2.24, 2.45) is 0 Å². The zero-order valence-corrected chi connectivity index (χ0v) is 16.1. The Balaban J connectivity index is 1.64. The van der Waals surface area contributed by atoms with E-state index in [1.807, 2.05) is 29.4 Å². The Bertz CT molecular complexity index is 990. The van der Waals surface area contributed by atoms with E-state index in [2.05, 4.69) is 22.2 Å². The zero-order valence-electron chi connectivity index (χ0n) is 15.4. The zero-order chi connectivity index (χ0) is 19.5. The summed E-state index contributed by atoms with van der Waals surface area (Å²) in [5.41, 5.74) is 2.98. The maximum atomic E-state index is 12.8. The van der Waals surface area contributed by atoms with E-state index in [-0.39, 0.29) is 5.91 Å². The Morgan fingerprint density at radius 3 is 2.64 bits per heavy atom. The number of fused-ring (bicyclic) bond motifs is 1. The third-order valence-corrected chi connectivity index (χ3v) is 4.79. The van der Waals surface area contributed by atoms with E-state index in [1.165, 1.54) is 0 Å². The second kappa shape index (κ2) is 7.86. The number of halogens is 1. The van der Waals surface area contributed by atoms with E-state index in [9.17, 15) is 4.79 Å². The average molecular weight is 395 g/mol. The van der Waals surface area contributed by atoms with Crippen molar-refractivity contribution in [3.63, 3.8) is 0 Å². The summed E-state index contributed by atoms with van der Waals surface area (Å²) in [5, 5.41) is 3.49. The van der Waals surface area contributed by atoms with Crippen LogP contribution in [0.5, 0.6) is 5.75 Å². The molecule has 0 saturated heterocycles. The minimum Gasteiger partial charge on any atom is -0.489 e. The predicted molar refractivity (Wildman–Crippen MR) is 110 cm³/mol. The number of aromatic nitrogens is 2. The Labute approximate surface area is 168 Å². The minimum atomic E-state index is -0.247. The Morgan fingerprint density at radius 2 is 1.93 bits per heavy atom. The van der Waals surface area contributed by atoms with Gasteiger partial charge in [-0.3, -0.25) is 4.79 Å². The summed E-state index contributed by atoms with van der Waals surface area (Å²) in [6.07, 6.45) is 4.54. The standard InChI is InChI=1S/C21H19ClN4O2/c1-2-14-12-23-21(24-13-14)26-10-11-28-19-17(4-3-5-18(19)26)20(27)25-16-8-6-15(22)7-9-16/h3-9,12-13H,2,10-11H2,1H3,(H,25,27). The van der Waals surface area contributed by atoms with E-state index in [0.717, 1.165) is 17.7 Å². The summed E-state index contributed by atoms with van der Waals surface area (Å²) in [6, 6.07) is 12.5. The molecule has 1 N–H and O–H groups in total. The molecule has 1 aliphatic rings. The Hall–Kier alpha value is -3.12. The molecule has 0 spiro atoms. The first-order valence-corrected chi connectivity index (χ1v) is 9.44. The van der Waals surface area contributed by atoms with Crippen molar-refractivity contribution >= 4 is 34.8 Å². The van der Waals surface area contributed by atoms with Gasteiger partial charge in [-0.15, -0.1) is 0 Å². The molecule has 0 atom stereocenters. The molecule has 1 aromatic heterocycles. The third-order valence-electron chi connectivity index (χ3n) is 4.53. The van der Waals surface area contributed by atoms with Gasteiger partial charge in [-0.1, -0.05) is 24.6 Å². The van der Waals surface area contributed by atoms with Crippen molar-refractivity contribution in [3.05, 3.63) is 71.0 Å².